The van der Waals surface area contributed by atoms with Gasteiger partial charge in [-0.1, -0.05) is 17.7 Å². The van der Waals surface area contributed by atoms with E-state index in [0.717, 1.165) is 0 Å². The molecule has 0 aliphatic carbocycles. The van der Waals surface area contributed by atoms with E-state index >= 15 is 0 Å². The van der Waals surface area contributed by atoms with Gasteiger partial charge in [0.05, 0.1) is 19.3 Å². The Bertz CT molecular complexity index is 379. The fourth-order valence-electron chi connectivity index (χ4n) is 1.29. The van der Waals surface area contributed by atoms with Crippen molar-refractivity contribution in [2.45, 2.75) is 6.04 Å². The second-order valence-electron chi connectivity index (χ2n) is 3.55. The molecular formula is C11H12ClNO3. The third-order valence-electron chi connectivity index (χ3n) is 2.17. The summed E-state index contributed by atoms with van der Waals surface area (Å²) in [5.41, 5.74) is 0. The van der Waals surface area contributed by atoms with Gasteiger partial charge in [-0.2, -0.15) is 0 Å². The number of benzene rings is 1. The Balaban J connectivity index is 1.75. The fourth-order valence-corrected chi connectivity index (χ4v) is 1.47. The van der Waals surface area contributed by atoms with Gasteiger partial charge >= 0.3 is 0 Å². The normalized spacial score (nSPS) is 15.3. The molecule has 16 heavy (non-hydrogen) atoms. The van der Waals surface area contributed by atoms with Crippen LogP contribution < -0.4 is 10.1 Å². The van der Waals surface area contributed by atoms with E-state index in [0.29, 0.717) is 24.0 Å². The zero-order chi connectivity index (χ0) is 11.4. The van der Waals surface area contributed by atoms with E-state index in [-0.39, 0.29) is 18.6 Å². The lowest BCUT2D eigenvalue weighted by Crippen LogP contribution is -2.49. The molecule has 0 radical (unpaired) electrons. The second kappa shape index (κ2) is 5.18. The summed E-state index contributed by atoms with van der Waals surface area (Å²) >= 11 is 5.78. The summed E-state index contributed by atoms with van der Waals surface area (Å²) < 4.78 is 10.2. The minimum absolute atomic E-state index is 0.00313. The predicted molar refractivity (Wildman–Crippen MR) is 59.7 cm³/mol. The van der Waals surface area contributed by atoms with Crippen molar-refractivity contribution >= 4 is 17.5 Å². The van der Waals surface area contributed by atoms with Crippen LogP contribution in [-0.4, -0.2) is 31.8 Å². The summed E-state index contributed by atoms with van der Waals surface area (Å²) in [6, 6.07) is 7.08. The number of halogens is 1. The summed E-state index contributed by atoms with van der Waals surface area (Å²) in [6.45, 7) is 1.17. The Morgan fingerprint density at radius 3 is 3.00 bits per heavy atom. The topological polar surface area (TPSA) is 47.6 Å². The van der Waals surface area contributed by atoms with Crippen molar-refractivity contribution in [1.29, 1.82) is 0 Å². The van der Waals surface area contributed by atoms with Crippen molar-refractivity contribution < 1.29 is 14.3 Å². The van der Waals surface area contributed by atoms with E-state index in [1.54, 1.807) is 24.3 Å². The molecule has 4 nitrogen and oxygen atoms in total. The highest BCUT2D eigenvalue weighted by atomic mass is 35.5. The molecule has 1 aromatic rings. The van der Waals surface area contributed by atoms with E-state index in [1.165, 1.54) is 0 Å². The van der Waals surface area contributed by atoms with Crippen molar-refractivity contribution in [1.82, 2.24) is 5.32 Å². The molecule has 1 aliphatic rings. The molecule has 1 amide bonds. The van der Waals surface area contributed by atoms with Crippen LogP contribution in [0.2, 0.25) is 5.02 Å². The summed E-state index contributed by atoms with van der Waals surface area (Å²) in [6.07, 6.45) is 0. The standard InChI is InChI=1S/C11H12ClNO3/c12-8-2-1-3-10(4-8)16-7-11(14)13-9-5-15-6-9/h1-4,9H,5-7H2,(H,13,14). The Labute approximate surface area is 98.5 Å². The van der Waals surface area contributed by atoms with Gasteiger partial charge in [0.15, 0.2) is 6.61 Å². The summed E-state index contributed by atoms with van der Waals surface area (Å²) in [7, 11) is 0. The van der Waals surface area contributed by atoms with Gasteiger partial charge in [0.2, 0.25) is 0 Å². The Morgan fingerprint density at radius 1 is 1.56 bits per heavy atom. The predicted octanol–water partition coefficient (Wildman–Crippen LogP) is 1.23. The maximum Gasteiger partial charge on any atom is 0.258 e. The zero-order valence-corrected chi connectivity index (χ0v) is 9.37. The number of nitrogens with one attached hydrogen (secondary N) is 1. The molecule has 1 N–H and O–H groups in total. The van der Waals surface area contributed by atoms with Crippen molar-refractivity contribution in [3.05, 3.63) is 29.3 Å². The maximum absolute atomic E-state index is 11.4. The smallest absolute Gasteiger partial charge is 0.258 e. The van der Waals surface area contributed by atoms with Crippen LogP contribution in [0.15, 0.2) is 24.3 Å². The number of amides is 1. The molecule has 0 atom stereocenters. The number of rotatable bonds is 4. The summed E-state index contributed by atoms with van der Waals surface area (Å²) in [4.78, 5) is 11.4. The van der Waals surface area contributed by atoms with Crippen LogP contribution in [-0.2, 0) is 9.53 Å². The van der Waals surface area contributed by atoms with Gasteiger partial charge < -0.3 is 14.8 Å². The van der Waals surface area contributed by atoms with Crippen LogP contribution in [0.1, 0.15) is 0 Å². The Hall–Kier alpha value is -1.26. The van der Waals surface area contributed by atoms with Gasteiger partial charge in [-0.05, 0) is 18.2 Å². The molecule has 0 saturated carbocycles. The van der Waals surface area contributed by atoms with Gasteiger partial charge in [-0.25, -0.2) is 0 Å². The molecule has 0 unspecified atom stereocenters. The molecule has 0 spiro atoms. The lowest BCUT2D eigenvalue weighted by Gasteiger charge is -2.26. The molecular weight excluding hydrogens is 230 g/mol. The van der Waals surface area contributed by atoms with E-state index in [2.05, 4.69) is 5.32 Å². The number of carbonyl (C=O) groups excluding carboxylic acids is 1. The first-order valence-corrected chi connectivity index (χ1v) is 5.37. The van der Waals surface area contributed by atoms with E-state index in [1.807, 2.05) is 0 Å². The third-order valence-corrected chi connectivity index (χ3v) is 2.40. The Morgan fingerprint density at radius 2 is 2.38 bits per heavy atom. The number of hydrogen-bond donors (Lipinski definition) is 1. The van der Waals surface area contributed by atoms with Crippen LogP contribution in [0.3, 0.4) is 0 Å². The van der Waals surface area contributed by atoms with Crippen LogP contribution in [0.5, 0.6) is 5.75 Å². The molecule has 86 valence electrons. The van der Waals surface area contributed by atoms with Gasteiger partial charge in [-0.3, -0.25) is 4.79 Å². The molecule has 1 heterocycles. The Kier molecular flexibility index (Phi) is 3.64. The highest BCUT2D eigenvalue weighted by Crippen LogP contribution is 2.16. The summed E-state index contributed by atoms with van der Waals surface area (Å²) in [5, 5.41) is 3.37. The minimum atomic E-state index is -0.145. The summed E-state index contributed by atoms with van der Waals surface area (Å²) in [5.74, 6) is 0.445. The number of carbonyl (C=O) groups is 1. The average molecular weight is 242 g/mol. The number of ether oxygens (including phenoxy) is 2. The molecule has 5 heteroatoms. The van der Waals surface area contributed by atoms with E-state index in [9.17, 15) is 4.79 Å². The lowest BCUT2D eigenvalue weighted by molar-refractivity contribution is -0.127. The van der Waals surface area contributed by atoms with Gasteiger partial charge in [0.25, 0.3) is 5.91 Å². The second-order valence-corrected chi connectivity index (χ2v) is 3.98. The van der Waals surface area contributed by atoms with Crippen molar-refractivity contribution in [3.8, 4) is 5.75 Å². The van der Waals surface area contributed by atoms with Crippen LogP contribution >= 0.6 is 11.6 Å². The van der Waals surface area contributed by atoms with Crippen molar-refractivity contribution in [2.75, 3.05) is 19.8 Å². The molecule has 0 aromatic heterocycles. The van der Waals surface area contributed by atoms with Crippen LogP contribution in [0.4, 0.5) is 0 Å². The molecule has 1 aliphatic heterocycles. The fraction of sp³-hybridized carbons (Fsp3) is 0.364. The monoisotopic (exact) mass is 241 g/mol. The maximum atomic E-state index is 11.4. The van der Waals surface area contributed by atoms with Gasteiger partial charge in [-0.15, -0.1) is 0 Å². The molecule has 2 rings (SSSR count). The zero-order valence-electron chi connectivity index (χ0n) is 8.61. The van der Waals surface area contributed by atoms with E-state index < -0.39 is 0 Å². The number of hydrogen-bond acceptors (Lipinski definition) is 3. The highest BCUT2D eigenvalue weighted by molar-refractivity contribution is 6.30. The first kappa shape index (κ1) is 11.2. The third kappa shape index (κ3) is 3.12. The quantitative estimate of drug-likeness (QED) is 0.863. The van der Waals surface area contributed by atoms with Gasteiger partial charge in [0, 0.05) is 5.02 Å². The molecule has 0 bridgehead atoms. The average Bonchev–Trinajstić information content (AvgIpc) is 2.21. The molecule has 1 saturated heterocycles. The molecule has 1 fully saturated rings. The van der Waals surface area contributed by atoms with Crippen LogP contribution in [0.25, 0.3) is 0 Å². The lowest BCUT2D eigenvalue weighted by atomic mass is 10.2. The van der Waals surface area contributed by atoms with E-state index in [4.69, 9.17) is 21.1 Å². The first-order valence-electron chi connectivity index (χ1n) is 4.99. The van der Waals surface area contributed by atoms with Crippen molar-refractivity contribution in [3.63, 3.8) is 0 Å². The SMILES string of the molecule is O=C(COc1cccc(Cl)c1)NC1COC1. The van der Waals surface area contributed by atoms with Crippen molar-refractivity contribution in [2.24, 2.45) is 0 Å². The van der Waals surface area contributed by atoms with Crippen LogP contribution in [0, 0.1) is 0 Å². The first-order chi connectivity index (χ1) is 7.74. The highest BCUT2D eigenvalue weighted by Gasteiger charge is 2.20. The molecule has 1 aromatic carbocycles. The minimum Gasteiger partial charge on any atom is -0.484 e. The largest absolute Gasteiger partial charge is 0.484 e. The van der Waals surface area contributed by atoms with Gasteiger partial charge in [0.1, 0.15) is 5.75 Å².